The molecule has 0 spiro atoms. The number of amides is 1. The quantitative estimate of drug-likeness (QED) is 0.881. The Kier molecular flexibility index (Phi) is 4.78. The Bertz CT molecular complexity index is 682. The molecule has 0 saturated carbocycles. The summed E-state index contributed by atoms with van der Waals surface area (Å²) in [5, 5.41) is 9.82. The number of hydrogen-bond donors (Lipinski definition) is 1. The van der Waals surface area contributed by atoms with Crippen LogP contribution in [0.4, 0.5) is 5.69 Å². The number of carbonyl (C=O) groups excluding carboxylic acids is 2. The molecule has 0 heterocycles. The van der Waals surface area contributed by atoms with Gasteiger partial charge in [0.15, 0.2) is 6.61 Å². The summed E-state index contributed by atoms with van der Waals surface area (Å²) in [5.74, 6) is -1.21. The van der Waals surface area contributed by atoms with Gasteiger partial charge < -0.3 is 14.7 Å². The van der Waals surface area contributed by atoms with E-state index in [0.29, 0.717) is 11.3 Å². The van der Waals surface area contributed by atoms with Gasteiger partial charge in [0.1, 0.15) is 11.3 Å². The lowest BCUT2D eigenvalue weighted by Crippen LogP contribution is -2.31. The minimum atomic E-state index is -0.726. The number of phenols is 1. The van der Waals surface area contributed by atoms with Crippen molar-refractivity contribution in [2.75, 3.05) is 18.6 Å². The average Bonchev–Trinajstić information content (AvgIpc) is 2.55. The molecule has 0 aromatic heterocycles. The molecule has 0 fully saturated rings. The minimum Gasteiger partial charge on any atom is -0.507 e. The summed E-state index contributed by atoms with van der Waals surface area (Å²) in [4.78, 5) is 25.4. The zero-order valence-electron chi connectivity index (χ0n) is 12.4. The number of benzene rings is 2. The van der Waals surface area contributed by atoms with Gasteiger partial charge in [-0.15, -0.1) is 0 Å². The summed E-state index contributed by atoms with van der Waals surface area (Å²) in [6.45, 7) is 1.29. The maximum absolute atomic E-state index is 12.0. The van der Waals surface area contributed by atoms with E-state index < -0.39 is 12.6 Å². The number of carbonyl (C=O) groups is 2. The molecule has 0 bridgehead atoms. The monoisotopic (exact) mass is 299 g/mol. The lowest BCUT2D eigenvalue weighted by molar-refractivity contribution is -0.121. The number of aryl methyl sites for hydroxylation is 1. The maximum Gasteiger partial charge on any atom is 0.342 e. The van der Waals surface area contributed by atoms with Gasteiger partial charge in [0.05, 0.1) is 0 Å². The number of esters is 1. The second-order valence-electron chi connectivity index (χ2n) is 4.84. The summed E-state index contributed by atoms with van der Waals surface area (Å²) in [6.07, 6.45) is 0. The number of nitrogens with zero attached hydrogens (tertiary/aromatic N) is 1. The van der Waals surface area contributed by atoms with Crippen LogP contribution in [-0.2, 0) is 9.53 Å². The van der Waals surface area contributed by atoms with Gasteiger partial charge >= 0.3 is 5.97 Å². The molecule has 0 atom stereocenters. The zero-order valence-corrected chi connectivity index (χ0v) is 12.4. The summed E-state index contributed by atoms with van der Waals surface area (Å²) >= 11 is 0. The first kappa shape index (κ1) is 15.6. The fourth-order valence-corrected chi connectivity index (χ4v) is 1.92. The Morgan fingerprint density at radius 1 is 1.09 bits per heavy atom. The van der Waals surface area contributed by atoms with Crippen LogP contribution in [0.25, 0.3) is 0 Å². The van der Waals surface area contributed by atoms with Gasteiger partial charge in [-0.05, 0) is 30.7 Å². The Morgan fingerprint density at radius 2 is 1.77 bits per heavy atom. The van der Waals surface area contributed by atoms with E-state index in [1.807, 2.05) is 18.2 Å². The fourth-order valence-electron chi connectivity index (χ4n) is 1.92. The van der Waals surface area contributed by atoms with E-state index in [9.17, 15) is 14.7 Å². The Labute approximate surface area is 128 Å². The van der Waals surface area contributed by atoms with Crippen LogP contribution in [-0.4, -0.2) is 30.6 Å². The molecular weight excluding hydrogens is 282 g/mol. The third kappa shape index (κ3) is 3.44. The number of likely N-dealkylation sites (N-methyl/N-ethyl adjacent to an activating group) is 1. The Balaban J connectivity index is 1.99. The standard InChI is InChI=1S/C17H17NO4/c1-12-7-6-10-14(16(12)20)17(21)22-11-15(19)18(2)13-8-4-3-5-9-13/h3-10,20H,11H2,1-2H3. The van der Waals surface area contributed by atoms with Crippen molar-refractivity contribution >= 4 is 17.6 Å². The lowest BCUT2D eigenvalue weighted by atomic mass is 10.1. The van der Waals surface area contributed by atoms with Crippen molar-refractivity contribution in [2.24, 2.45) is 0 Å². The Hall–Kier alpha value is -2.82. The SMILES string of the molecule is Cc1cccc(C(=O)OCC(=O)N(C)c2ccccc2)c1O. The smallest absolute Gasteiger partial charge is 0.342 e. The highest BCUT2D eigenvalue weighted by atomic mass is 16.5. The molecule has 0 aliphatic heterocycles. The van der Waals surface area contributed by atoms with Crippen molar-refractivity contribution in [3.63, 3.8) is 0 Å². The van der Waals surface area contributed by atoms with Gasteiger partial charge in [-0.1, -0.05) is 30.3 Å². The highest BCUT2D eigenvalue weighted by Crippen LogP contribution is 2.22. The Morgan fingerprint density at radius 3 is 2.45 bits per heavy atom. The van der Waals surface area contributed by atoms with E-state index in [1.165, 1.54) is 11.0 Å². The summed E-state index contributed by atoms with van der Waals surface area (Å²) in [5.41, 5.74) is 1.33. The zero-order chi connectivity index (χ0) is 16.1. The van der Waals surface area contributed by atoms with E-state index in [-0.39, 0.29) is 17.2 Å². The number of anilines is 1. The topological polar surface area (TPSA) is 66.8 Å². The van der Waals surface area contributed by atoms with Crippen LogP contribution >= 0.6 is 0 Å². The highest BCUT2D eigenvalue weighted by Gasteiger charge is 2.17. The van der Waals surface area contributed by atoms with Crippen LogP contribution in [0.15, 0.2) is 48.5 Å². The van der Waals surface area contributed by atoms with Crippen molar-refractivity contribution in [2.45, 2.75) is 6.92 Å². The molecule has 114 valence electrons. The molecule has 5 nitrogen and oxygen atoms in total. The third-order valence-corrected chi connectivity index (χ3v) is 3.30. The molecule has 22 heavy (non-hydrogen) atoms. The van der Waals surface area contributed by atoms with Crippen molar-refractivity contribution in [1.29, 1.82) is 0 Å². The van der Waals surface area contributed by atoms with Crippen LogP contribution in [0.5, 0.6) is 5.75 Å². The normalized spacial score (nSPS) is 10.1. The van der Waals surface area contributed by atoms with E-state index in [1.54, 1.807) is 38.2 Å². The molecule has 5 heteroatoms. The molecule has 2 aromatic carbocycles. The van der Waals surface area contributed by atoms with E-state index in [4.69, 9.17) is 4.74 Å². The number of rotatable bonds is 4. The average molecular weight is 299 g/mol. The summed E-state index contributed by atoms with van der Waals surface area (Å²) in [7, 11) is 1.61. The van der Waals surface area contributed by atoms with Gasteiger partial charge in [-0.25, -0.2) is 4.79 Å². The first-order valence-electron chi connectivity index (χ1n) is 6.78. The molecule has 1 amide bonds. The minimum absolute atomic E-state index is 0.0511. The molecule has 0 radical (unpaired) electrons. The van der Waals surface area contributed by atoms with Gasteiger partial charge in [-0.3, -0.25) is 4.79 Å². The maximum atomic E-state index is 12.0. The molecule has 1 N–H and O–H groups in total. The van der Waals surface area contributed by atoms with Crippen molar-refractivity contribution in [3.8, 4) is 5.75 Å². The molecular formula is C17H17NO4. The second kappa shape index (κ2) is 6.76. The van der Waals surface area contributed by atoms with Crippen LogP contribution in [0.1, 0.15) is 15.9 Å². The highest BCUT2D eigenvalue weighted by molar-refractivity contribution is 5.97. The van der Waals surface area contributed by atoms with Crippen molar-refractivity contribution in [3.05, 3.63) is 59.7 Å². The van der Waals surface area contributed by atoms with Crippen molar-refractivity contribution < 1.29 is 19.4 Å². The molecule has 2 rings (SSSR count). The van der Waals surface area contributed by atoms with Crippen LogP contribution in [0, 0.1) is 6.92 Å². The first-order chi connectivity index (χ1) is 10.5. The molecule has 0 aliphatic carbocycles. The predicted octanol–water partition coefficient (Wildman–Crippen LogP) is 2.52. The predicted molar refractivity (Wildman–Crippen MR) is 83.0 cm³/mol. The van der Waals surface area contributed by atoms with Gasteiger partial charge in [-0.2, -0.15) is 0 Å². The van der Waals surface area contributed by atoms with Crippen molar-refractivity contribution in [1.82, 2.24) is 0 Å². The number of aromatic hydroxyl groups is 1. The lowest BCUT2D eigenvalue weighted by Gasteiger charge is -2.17. The molecule has 0 saturated heterocycles. The van der Waals surface area contributed by atoms with E-state index >= 15 is 0 Å². The third-order valence-electron chi connectivity index (χ3n) is 3.30. The van der Waals surface area contributed by atoms with Crippen LogP contribution < -0.4 is 4.90 Å². The summed E-state index contributed by atoms with van der Waals surface area (Å²) < 4.78 is 4.98. The molecule has 0 aliphatic rings. The fraction of sp³-hybridized carbons (Fsp3) is 0.176. The van der Waals surface area contributed by atoms with Crippen LogP contribution in [0.3, 0.4) is 0 Å². The number of para-hydroxylation sites is 2. The molecule has 0 unspecified atom stereocenters. The van der Waals surface area contributed by atoms with E-state index in [2.05, 4.69) is 0 Å². The number of hydrogen-bond acceptors (Lipinski definition) is 4. The molecule has 2 aromatic rings. The van der Waals surface area contributed by atoms with Gasteiger partial charge in [0.25, 0.3) is 5.91 Å². The number of phenolic OH excluding ortho intramolecular Hbond substituents is 1. The summed E-state index contributed by atoms with van der Waals surface area (Å²) in [6, 6.07) is 13.8. The second-order valence-corrected chi connectivity index (χ2v) is 4.84. The largest absolute Gasteiger partial charge is 0.507 e. The van der Waals surface area contributed by atoms with Gasteiger partial charge in [0.2, 0.25) is 0 Å². The first-order valence-corrected chi connectivity index (χ1v) is 6.78. The van der Waals surface area contributed by atoms with E-state index in [0.717, 1.165) is 0 Å². The van der Waals surface area contributed by atoms with Gasteiger partial charge in [0, 0.05) is 12.7 Å². The van der Waals surface area contributed by atoms with Crippen LogP contribution in [0.2, 0.25) is 0 Å². The number of ether oxygens (including phenoxy) is 1.